The molecule has 2 aliphatic heterocycles. The van der Waals surface area contributed by atoms with Crippen LogP contribution >= 0.6 is 0 Å². The summed E-state index contributed by atoms with van der Waals surface area (Å²) >= 11 is 0. The first-order chi connectivity index (χ1) is 13.4. The summed E-state index contributed by atoms with van der Waals surface area (Å²) in [5, 5.41) is 0. The number of carbonyl (C=O) groups excluding carboxylic acids is 1. The number of hydrogen-bond acceptors (Lipinski definition) is 6. The van der Waals surface area contributed by atoms with Gasteiger partial charge < -0.3 is 9.64 Å². The van der Waals surface area contributed by atoms with Gasteiger partial charge in [-0.1, -0.05) is 30.3 Å². The molecule has 1 unspecified atom stereocenters. The monoisotopic (exact) mass is 410 g/mol. The predicted molar refractivity (Wildman–Crippen MR) is 106 cm³/mol. The van der Waals surface area contributed by atoms with Gasteiger partial charge in [-0.25, -0.2) is 4.79 Å². The quantitative estimate of drug-likeness (QED) is 0.582. The molecule has 2 aliphatic rings. The van der Waals surface area contributed by atoms with Gasteiger partial charge in [-0.05, 0) is 50.3 Å². The number of likely N-dealkylation sites (tertiary alicyclic amines) is 1. The Balaban J connectivity index is 1.31. The van der Waals surface area contributed by atoms with E-state index in [9.17, 15) is 13.2 Å². The van der Waals surface area contributed by atoms with Crippen LogP contribution in [0.5, 0.6) is 0 Å². The number of nitrogens with zero attached hydrogens (tertiary/aromatic N) is 2. The van der Waals surface area contributed by atoms with E-state index in [1.165, 1.54) is 18.4 Å². The third-order valence-electron chi connectivity index (χ3n) is 5.41. The Morgan fingerprint density at radius 3 is 2.57 bits per heavy atom. The first kappa shape index (κ1) is 21.1. The number of amides is 1. The summed E-state index contributed by atoms with van der Waals surface area (Å²) in [6.07, 6.45) is 4.55. The van der Waals surface area contributed by atoms with Gasteiger partial charge in [0.15, 0.2) is 0 Å². The Morgan fingerprint density at radius 2 is 1.89 bits per heavy atom. The second-order valence-electron chi connectivity index (χ2n) is 7.79. The van der Waals surface area contributed by atoms with E-state index in [2.05, 4.69) is 29.2 Å². The van der Waals surface area contributed by atoms with Crippen LogP contribution in [0.1, 0.15) is 31.2 Å². The summed E-state index contributed by atoms with van der Waals surface area (Å²) in [5.41, 5.74) is 1.36. The van der Waals surface area contributed by atoms with Crippen molar-refractivity contribution in [2.45, 2.75) is 38.3 Å². The highest BCUT2D eigenvalue weighted by Gasteiger charge is 2.32. The molecule has 0 N–H and O–H groups in total. The molecular formula is C20H30N2O5S. The lowest BCUT2D eigenvalue weighted by Crippen LogP contribution is -2.33. The van der Waals surface area contributed by atoms with E-state index in [-0.39, 0.29) is 12.7 Å². The van der Waals surface area contributed by atoms with Gasteiger partial charge in [0.25, 0.3) is 10.1 Å². The van der Waals surface area contributed by atoms with E-state index in [1.54, 1.807) is 4.90 Å². The van der Waals surface area contributed by atoms with Gasteiger partial charge in [0, 0.05) is 13.1 Å². The van der Waals surface area contributed by atoms with Crippen LogP contribution in [0, 0.1) is 5.92 Å². The predicted octanol–water partition coefficient (Wildman–Crippen LogP) is 2.48. The van der Waals surface area contributed by atoms with Crippen molar-refractivity contribution in [3.63, 3.8) is 0 Å². The summed E-state index contributed by atoms with van der Waals surface area (Å²) in [6.45, 7) is 4.19. The van der Waals surface area contributed by atoms with E-state index in [0.717, 1.165) is 38.7 Å². The van der Waals surface area contributed by atoms with Crippen LogP contribution in [0.4, 0.5) is 4.79 Å². The lowest BCUT2D eigenvalue weighted by atomic mass is 9.92. The molecule has 0 spiro atoms. The molecule has 156 valence electrons. The van der Waals surface area contributed by atoms with Crippen LogP contribution in [-0.2, 0) is 25.6 Å². The zero-order valence-electron chi connectivity index (χ0n) is 16.5. The van der Waals surface area contributed by atoms with E-state index < -0.39 is 16.2 Å². The van der Waals surface area contributed by atoms with Crippen LogP contribution in [0.2, 0.25) is 0 Å². The van der Waals surface area contributed by atoms with Gasteiger partial charge in [0.05, 0.1) is 12.8 Å². The summed E-state index contributed by atoms with van der Waals surface area (Å²) in [7, 11) is -3.52. The average Bonchev–Trinajstić information content (AvgIpc) is 3.02. The smallest absolute Gasteiger partial charge is 0.410 e. The second kappa shape index (κ2) is 9.71. The number of piperidine rings is 1. The molecule has 0 radical (unpaired) electrons. The summed E-state index contributed by atoms with van der Waals surface area (Å²) in [6, 6.07) is 10.6. The molecule has 8 heteroatoms. The van der Waals surface area contributed by atoms with Crippen molar-refractivity contribution < 1.29 is 22.1 Å². The molecule has 1 aromatic carbocycles. The number of cyclic esters (lactones) is 1. The number of rotatable bonds is 9. The van der Waals surface area contributed by atoms with E-state index in [4.69, 9.17) is 8.92 Å². The van der Waals surface area contributed by atoms with Gasteiger partial charge in [-0.3, -0.25) is 9.08 Å². The molecule has 1 atom stereocenters. The molecule has 0 bridgehead atoms. The lowest BCUT2D eigenvalue weighted by Gasteiger charge is -2.32. The van der Waals surface area contributed by atoms with Crippen molar-refractivity contribution >= 4 is 16.2 Å². The minimum atomic E-state index is -3.52. The van der Waals surface area contributed by atoms with Crippen molar-refractivity contribution in [1.29, 1.82) is 0 Å². The highest BCUT2D eigenvalue weighted by molar-refractivity contribution is 7.85. The van der Waals surface area contributed by atoms with Crippen LogP contribution in [-0.4, -0.2) is 69.5 Å². The highest BCUT2D eigenvalue weighted by atomic mass is 32.2. The molecule has 7 nitrogen and oxygen atoms in total. The van der Waals surface area contributed by atoms with Gasteiger partial charge in [0.1, 0.15) is 12.7 Å². The second-order valence-corrected chi connectivity index (χ2v) is 9.43. The maximum absolute atomic E-state index is 11.9. The SMILES string of the molecule is CS(=O)(=O)OCC1CN(CCCC2CCN(Cc3ccccc3)CC2)C(=O)O1. The van der Waals surface area contributed by atoms with Crippen molar-refractivity contribution in [1.82, 2.24) is 9.80 Å². The van der Waals surface area contributed by atoms with Gasteiger partial charge in [-0.2, -0.15) is 8.42 Å². The molecule has 0 aromatic heterocycles. The third-order valence-corrected chi connectivity index (χ3v) is 5.98. The zero-order chi connectivity index (χ0) is 20.0. The molecule has 0 saturated carbocycles. The average molecular weight is 411 g/mol. The van der Waals surface area contributed by atoms with Crippen molar-refractivity contribution in [2.75, 3.05) is 39.0 Å². The topological polar surface area (TPSA) is 76.2 Å². The fraction of sp³-hybridized carbons (Fsp3) is 0.650. The summed E-state index contributed by atoms with van der Waals surface area (Å²) in [4.78, 5) is 16.1. The Hall–Kier alpha value is -1.64. The van der Waals surface area contributed by atoms with Crippen LogP contribution in [0.25, 0.3) is 0 Å². The number of ether oxygens (including phenoxy) is 1. The Kier molecular flexibility index (Phi) is 7.31. The van der Waals surface area contributed by atoms with E-state index >= 15 is 0 Å². The van der Waals surface area contributed by atoms with Gasteiger partial charge in [-0.15, -0.1) is 0 Å². The van der Waals surface area contributed by atoms with Gasteiger partial charge >= 0.3 is 6.09 Å². The maximum atomic E-state index is 11.9. The molecule has 3 rings (SSSR count). The third kappa shape index (κ3) is 6.76. The molecule has 2 fully saturated rings. The molecular weight excluding hydrogens is 380 g/mol. The molecule has 28 heavy (non-hydrogen) atoms. The van der Waals surface area contributed by atoms with Crippen LogP contribution < -0.4 is 0 Å². The molecule has 0 aliphatic carbocycles. The standard InChI is InChI=1S/C20H30N2O5S/c1-28(24,25)26-16-19-15-22(20(23)27-19)11-5-8-17-9-12-21(13-10-17)14-18-6-3-2-4-7-18/h2-4,6-7,17,19H,5,8-16H2,1H3. The van der Waals surface area contributed by atoms with Crippen LogP contribution in [0.15, 0.2) is 30.3 Å². The van der Waals surface area contributed by atoms with E-state index in [1.807, 2.05) is 6.07 Å². The molecule has 2 saturated heterocycles. The van der Waals surface area contributed by atoms with Crippen molar-refractivity contribution in [3.8, 4) is 0 Å². The Labute approximate surface area is 167 Å². The lowest BCUT2D eigenvalue weighted by molar-refractivity contribution is 0.104. The number of hydrogen-bond donors (Lipinski definition) is 0. The van der Waals surface area contributed by atoms with E-state index in [0.29, 0.717) is 19.0 Å². The minimum absolute atomic E-state index is 0.110. The fourth-order valence-corrected chi connectivity index (χ4v) is 4.29. The first-order valence-electron chi connectivity index (χ1n) is 9.95. The number of benzene rings is 1. The van der Waals surface area contributed by atoms with Crippen molar-refractivity contribution in [2.24, 2.45) is 5.92 Å². The maximum Gasteiger partial charge on any atom is 0.410 e. The fourth-order valence-electron chi connectivity index (χ4n) is 3.89. The summed E-state index contributed by atoms with van der Waals surface area (Å²) < 4.78 is 32.0. The van der Waals surface area contributed by atoms with Gasteiger partial charge in [0.2, 0.25) is 0 Å². The number of carbonyl (C=O) groups is 1. The summed E-state index contributed by atoms with van der Waals surface area (Å²) in [5.74, 6) is 0.704. The Bertz CT molecular complexity index is 732. The van der Waals surface area contributed by atoms with Crippen LogP contribution in [0.3, 0.4) is 0 Å². The molecule has 2 heterocycles. The zero-order valence-corrected chi connectivity index (χ0v) is 17.3. The first-order valence-corrected chi connectivity index (χ1v) is 11.8. The highest BCUT2D eigenvalue weighted by Crippen LogP contribution is 2.24. The normalized spacial score (nSPS) is 21.8. The minimum Gasteiger partial charge on any atom is -0.442 e. The molecule has 1 aromatic rings. The largest absolute Gasteiger partial charge is 0.442 e. The van der Waals surface area contributed by atoms with Crippen molar-refractivity contribution in [3.05, 3.63) is 35.9 Å². The molecule has 1 amide bonds. The Morgan fingerprint density at radius 1 is 1.18 bits per heavy atom.